The predicted molar refractivity (Wildman–Crippen MR) is 212 cm³/mol. The minimum atomic E-state index is -1.46. The zero-order chi connectivity index (χ0) is 41.9. The second kappa shape index (κ2) is 19.9. The summed E-state index contributed by atoms with van der Waals surface area (Å²) in [4.78, 5) is 53.4. The Labute approximate surface area is 337 Å². The van der Waals surface area contributed by atoms with Gasteiger partial charge >= 0.3 is 11.9 Å². The summed E-state index contributed by atoms with van der Waals surface area (Å²) in [7, 11) is 0. The maximum atomic E-state index is 14.0. The number of rotatable bonds is 17. The van der Waals surface area contributed by atoms with Gasteiger partial charge in [-0.3, -0.25) is 14.4 Å². The van der Waals surface area contributed by atoms with E-state index in [9.17, 15) is 29.4 Å². The van der Waals surface area contributed by atoms with E-state index in [-0.39, 0.29) is 43.6 Å². The van der Waals surface area contributed by atoms with Crippen molar-refractivity contribution in [2.24, 2.45) is 0 Å². The van der Waals surface area contributed by atoms with Crippen LogP contribution in [0.3, 0.4) is 0 Å². The molecule has 14 heteroatoms. The Bertz CT molecular complexity index is 1870. The van der Waals surface area contributed by atoms with Crippen molar-refractivity contribution in [2.75, 3.05) is 19.8 Å². The second-order valence-corrected chi connectivity index (χ2v) is 15.1. The van der Waals surface area contributed by atoms with E-state index >= 15 is 0 Å². The third-order valence-electron chi connectivity index (χ3n) is 9.39. The molecule has 0 saturated carbocycles. The molecule has 58 heavy (non-hydrogen) atoms. The number of hydrogen-bond acceptors (Lipinski definition) is 12. The van der Waals surface area contributed by atoms with Gasteiger partial charge in [-0.25, -0.2) is 4.79 Å². The van der Waals surface area contributed by atoms with Crippen LogP contribution in [0.1, 0.15) is 74.0 Å². The van der Waals surface area contributed by atoms with Crippen LogP contribution in [0.5, 0.6) is 0 Å². The molecule has 1 fully saturated rings. The van der Waals surface area contributed by atoms with Crippen molar-refractivity contribution in [1.29, 1.82) is 0 Å². The van der Waals surface area contributed by atoms with Gasteiger partial charge in [0.2, 0.25) is 17.6 Å². The highest BCUT2D eigenvalue weighted by molar-refractivity contribution is 5.98. The molecule has 1 saturated heterocycles. The average molecular weight is 801 g/mol. The van der Waals surface area contributed by atoms with Gasteiger partial charge in [0.1, 0.15) is 36.6 Å². The van der Waals surface area contributed by atoms with E-state index in [0.717, 1.165) is 5.56 Å². The molecule has 6 unspecified atom stereocenters. The number of fused-ring (bicyclic) bond motifs is 1. The lowest BCUT2D eigenvalue weighted by Crippen LogP contribution is -2.55. The molecule has 6 atom stereocenters. The van der Waals surface area contributed by atoms with Gasteiger partial charge in [-0.15, -0.1) is 0 Å². The van der Waals surface area contributed by atoms with Crippen LogP contribution in [0.2, 0.25) is 0 Å². The number of ether oxygens (including phenoxy) is 5. The average Bonchev–Trinajstić information content (AvgIpc) is 3.61. The maximum Gasteiger partial charge on any atom is 0.338 e. The fourth-order valence-electron chi connectivity index (χ4n) is 6.60. The smallest absolute Gasteiger partial charge is 0.338 e. The van der Waals surface area contributed by atoms with Crippen LogP contribution in [-0.4, -0.2) is 101 Å². The highest BCUT2D eigenvalue weighted by Crippen LogP contribution is 2.47. The molecule has 1 heterocycles. The van der Waals surface area contributed by atoms with E-state index in [2.05, 4.69) is 10.6 Å². The molecule has 2 amide bonds. The number of nitrogens with one attached hydrogen (secondary N) is 2. The van der Waals surface area contributed by atoms with Crippen molar-refractivity contribution < 1.29 is 58.2 Å². The molecule has 3 aromatic carbocycles. The lowest BCUT2D eigenvalue weighted by atomic mass is 9.91. The van der Waals surface area contributed by atoms with Crippen LogP contribution in [0, 0.1) is 0 Å². The summed E-state index contributed by atoms with van der Waals surface area (Å²) >= 11 is 0. The number of benzene rings is 3. The zero-order valence-corrected chi connectivity index (χ0v) is 33.0. The first kappa shape index (κ1) is 43.7. The number of aliphatic hydroxyl groups excluding tert-OH is 3. The Hall–Kier alpha value is -5.38. The van der Waals surface area contributed by atoms with Gasteiger partial charge in [0.25, 0.3) is 0 Å². The highest BCUT2D eigenvalue weighted by atomic mass is 16.8. The molecule has 1 aliphatic heterocycles. The Morgan fingerprint density at radius 2 is 1.55 bits per heavy atom. The Balaban J connectivity index is 1.39. The quantitative estimate of drug-likeness (QED) is 0.0756. The van der Waals surface area contributed by atoms with Gasteiger partial charge in [-0.2, -0.15) is 0 Å². The third kappa shape index (κ3) is 11.4. The fraction of sp³-hybridized carbons (Fsp3) is 0.409. The van der Waals surface area contributed by atoms with Gasteiger partial charge in [0.15, 0.2) is 0 Å². The van der Waals surface area contributed by atoms with E-state index in [1.54, 1.807) is 57.2 Å². The number of carbonyl (C=O) groups excluding carboxylic acids is 4. The molecular formula is C44H52N2O12. The van der Waals surface area contributed by atoms with Crippen LogP contribution in [0.25, 0.3) is 6.08 Å². The van der Waals surface area contributed by atoms with Crippen LogP contribution >= 0.6 is 0 Å². The van der Waals surface area contributed by atoms with Crippen LogP contribution in [-0.2, 0) is 43.9 Å². The van der Waals surface area contributed by atoms with E-state index in [4.69, 9.17) is 28.8 Å². The summed E-state index contributed by atoms with van der Waals surface area (Å²) < 4.78 is 30.1. The molecular weight excluding hydrogens is 748 g/mol. The molecule has 3 aromatic rings. The van der Waals surface area contributed by atoms with Crippen molar-refractivity contribution >= 4 is 29.8 Å². The van der Waals surface area contributed by atoms with Crippen LogP contribution < -0.4 is 10.6 Å². The van der Waals surface area contributed by atoms with Crippen LogP contribution in [0.4, 0.5) is 0 Å². The minimum Gasteiger partial charge on any atom is -0.499 e. The zero-order valence-electron chi connectivity index (χ0n) is 33.0. The molecule has 310 valence electrons. The normalized spacial score (nSPS) is 20.2. The number of carbonyl (C=O) groups is 4. The summed E-state index contributed by atoms with van der Waals surface area (Å²) in [5.41, 5.74) is 1.72. The van der Waals surface area contributed by atoms with Gasteiger partial charge in [0.05, 0.1) is 37.2 Å². The summed E-state index contributed by atoms with van der Waals surface area (Å²) in [6.07, 6.45) is 0.334. The van der Waals surface area contributed by atoms with Crippen molar-refractivity contribution in [2.45, 2.75) is 94.8 Å². The molecule has 2 aliphatic rings. The van der Waals surface area contributed by atoms with E-state index in [1.807, 2.05) is 60.7 Å². The first-order valence-corrected chi connectivity index (χ1v) is 19.2. The van der Waals surface area contributed by atoms with E-state index < -0.39 is 78.2 Å². The number of amides is 2. The molecule has 0 bridgehead atoms. The van der Waals surface area contributed by atoms with E-state index in [1.165, 1.54) is 13.2 Å². The van der Waals surface area contributed by atoms with Crippen LogP contribution in [0.15, 0.2) is 103 Å². The molecule has 0 aromatic heterocycles. The molecule has 5 N–H and O–H groups in total. The number of esters is 2. The fourth-order valence-corrected chi connectivity index (χ4v) is 6.60. The first-order valence-electron chi connectivity index (χ1n) is 19.2. The van der Waals surface area contributed by atoms with Gasteiger partial charge in [-0.1, -0.05) is 72.8 Å². The standard InChI is InChI=1S/C44H52N2O12/c1-28(49)38(41(52)45-34(27-48)19-20-37(50)57-43(2,3)4)46-40(51)31-25-35(55-42(53)30-17-15-29(16-18-30)21-23-54-24-22-47)39-36(26-31)56-44(58-39,32-11-7-5-8-12-32)33-13-9-6-10-14-33/h5-18,21,23,26,28,34-36,38-39,47-49H,19-20,22,24-25,27H2,1-4H3,(H,45,52)(H,46,51). The largest absolute Gasteiger partial charge is 0.499 e. The van der Waals surface area contributed by atoms with Crippen molar-refractivity contribution in [3.05, 3.63) is 125 Å². The first-order chi connectivity index (χ1) is 27.7. The van der Waals surface area contributed by atoms with E-state index in [0.29, 0.717) is 11.1 Å². The predicted octanol–water partition coefficient (Wildman–Crippen LogP) is 3.67. The monoisotopic (exact) mass is 800 g/mol. The Morgan fingerprint density at radius 3 is 2.12 bits per heavy atom. The van der Waals surface area contributed by atoms with Gasteiger partial charge < -0.3 is 49.6 Å². The van der Waals surface area contributed by atoms with Crippen molar-refractivity contribution in [3.8, 4) is 0 Å². The number of aliphatic hydroxyl groups is 3. The van der Waals surface area contributed by atoms with Gasteiger partial charge in [0, 0.05) is 29.5 Å². The molecule has 14 nitrogen and oxygen atoms in total. The summed E-state index contributed by atoms with van der Waals surface area (Å²) in [5.74, 6) is -4.14. The molecule has 5 rings (SSSR count). The number of hydrogen-bond donors (Lipinski definition) is 5. The SMILES string of the molecule is CC(O)C(NC(=O)C1=CC2OC(c3ccccc3)(c3ccccc3)OC2C(OC(=O)c2ccc(C=COCCO)cc2)C1)C(=O)NC(CO)CCC(=O)OC(C)(C)C. The Kier molecular flexibility index (Phi) is 15.0. The van der Waals surface area contributed by atoms with Crippen molar-refractivity contribution in [3.63, 3.8) is 0 Å². The minimum absolute atomic E-state index is 0.0548. The maximum absolute atomic E-state index is 14.0. The summed E-state index contributed by atoms with van der Waals surface area (Å²) in [6, 6.07) is 22.8. The summed E-state index contributed by atoms with van der Waals surface area (Å²) in [5, 5.41) is 34.7. The molecule has 0 spiro atoms. The Morgan fingerprint density at radius 1 is 0.914 bits per heavy atom. The lowest BCUT2D eigenvalue weighted by molar-refractivity contribution is -0.157. The topological polar surface area (TPSA) is 199 Å². The lowest BCUT2D eigenvalue weighted by Gasteiger charge is -2.32. The third-order valence-corrected chi connectivity index (χ3v) is 9.39. The highest BCUT2D eigenvalue weighted by Gasteiger charge is 2.55. The van der Waals surface area contributed by atoms with Gasteiger partial charge in [-0.05, 0) is 64.0 Å². The second-order valence-electron chi connectivity index (χ2n) is 15.1. The van der Waals surface area contributed by atoms with Crippen molar-refractivity contribution in [1.82, 2.24) is 10.6 Å². The molecule has 0 radical (unpaired) electrons. The molecule has 1 aliphatic carbocycles. The summed E-state index contributed by atoms with van der Waals surface area (Å²) in [6.45, 7) is 6.04.